The maximum atomic E-state index is 13.1. The summed E-state index contributed by atoms with van der Waals surface area (Å²) < 4.78 is 28.6. The molecule has 0 saturated heterocycles. The third-order valence-electron chi connectivity index (χ3n) is 5.81. The summed E-state index contributed by atoms with van der Waals surface area (Å²) in [5.41, 5.74) is 8.12. The van der Waals surface area contributed by atoms with Gasteiger partial charge in [0.2, 0.25) is 5.91 Å². The Labute approximate surface area is 233 Å². The zero-order valence-corrected chi connectivity index (χ0v) is 22.8. The summed E-state index contributed by atoms with van der Waals surface area (Å²) in [4.78, 5) is 36.0. The van der Waals surface area contributed by atoms with E-state index in [9.17, 15) is 27.9 Å². The fraction of sp³-hybridized carbons (Fsp3) is 0.250. The average Bonchev–Trinajstić information content (AvgIpc) is 2.91. The molecule has 0 aliphatic heterocycles. The predicted octanol–water partition coefficient (Wildman–Crippen LogP) is 3.87. The molecule has 0 radical (unpaired) electrons. The van der Waals surface area contributed by atoms with Gasteiger partial charge in [-0.05, 0) is 66.4 Å². The van der Waals surface area contributed by atoms with Crippen LogP contribution in [0.2, 0.25) is 0 Å². The number of benzene rings is 3. The van der Waals surface area contributed by atoms with E-state index >= 15 is 0 Å². The lowest BCUT2D eigenvalue weighted by Crippen LogP contribution is -2.30. The minimum atomic E-state index is -4.05. The zero-order valence-electron chi connectivity index (χ0n) is 22.0. The Kier molecular flexibility index (Phi) is 10.5. The second kappa shape index (κ2) is 14.0. The Bertz CT molecular complexity index is 1440. The van der Waals surface area contributed by atoms with Crippen LogP contribution >= 0.6 is 0 Å². The molecular weight excluding hydrogens is 534 g/mol. The Morgan fingerprint density at radius 3 is 2.35 bits per heavy atom. The van der Waals surface area contributed by atoms with Crippen molar-refractivity contribution in [3.8, 4) is 0 Å². The number of amides is 3. The number of rotatable bonds is 13. The van der Waals surface area contributed by atoms with Crippen LogP contribution in [0.1, 0.15) is 43.4 Å². The molecule has 0 aliphatic carbocycles. The first-order chi connectivity index (χ1) is 19.1. The van der Waals surface area contributed by atoms with Gasteiger partial charge in [0.15, 0.2) is 0 Å². The largest absolute Gasteiger partial charge is 0.481 e. The number of carbonyl (C=O) groups is 3. The quantitative estimate of drug-likeness (QED) is 0.170. The lowest BCUT2D eigenvalue weighted by Gasteiger charge is -2.19. The number of hydrogen-bond acceptors (Lipinski definition) is 6. The monoisotopic (exact) mass is 567 g/mol. The van der Waals surface area contributed by atoms with Crippen LogP contribution < -0.4 is 26.4 Å². The van der Waals surface area contributed by atoms with Gasteiger partial charge in [-0.15, -0.1) is 0 Å². The van der Waals surface area contributed by atoms with Crippen molar-refractivity contribution in [1.82, 2.24) is 10.6 Å². The Morgan fingerprint density at radius 2 is 1.65 bits per heavy atom. The van der Waals surface area contributed by atoms with E-state index in [1.165, 1.54) is 30.3 Å². The van der Waals surface area contributed by atoms with Crippen LogP contribution in [0.3, 0.4) is 0 Å². The first kappa shape index (κ1) is 30.0. The van der Waals surface area contributed by atoms with Gasteiger partial charge in [-0.25, -0.2) is 13.2 Å². The van der Waals surface area contributed by atoms with E-state index in [2.05, 4.69) is 20.7 Å². The normalized spacial score (nSPS) is 11.7. The number of anilines is 3. The summed E-state index contributed by atoms with van der Waals surface area (Å²) in [6.45, 7) is 2.39. The molecule has 0 heterocycles. The zero-order chi connectivity index (χ0) is 29.1. The molecule has 12 heteroatoms. The highest BCUT2D eigenvalue weighted by Crippen LogP contribution is 2.24. The summed E-state index contributed by atoms with van der Waals surface area (Å²) in [6, 6.07) is 17.8. The van der Waals surface area contributed by atoms with Crippen molar-refractivity contribution < 1.29 is 27.9 Å². The van der Waals surface area contributed by atoms with Crippen molar-refractivity contribution in [2.75, 3.05) is 22.3 Å². The van der Waals surface area contributed by atoms with Crippen LogP contribution in [0, 0.1) is 0 Å². The highest BCUT2D eigenvalue weighted by atomic mass is 32.2. The third-order valence-corrected chi connectivity index (χ3v) is 7.19. The van der Waals surface area contributed by atoms with Crippen molar-refractivity contribution in [3.63, 3.8) is 0 Å². The molecule has 0 fully saturated rings. The minimum absolute atomic E-state index is 0.0794. The first-order valence-electron chi connectivity index (χ1n) is 12.7. The molecular formula is C28H33N5O6S. The molecule has 3 amide bonds. The number of aliphatic carboxylic acids is 1. The second-order valence-electron chi connectivity index (χ2n) is 9.10. The number of hydrogen-bond donors (Lipinski definition) is 6. The molecule has 7 N–H and O–H groups in total. The van der Waals surface area contributed by atoms with Crippen LogP contribution in [0.5, 0.6) is 0 Å². The maximum absolute atomic E-state index is 13.1. The summed E-state index contributed by atoms with van der Waals surface area (Å²) in [5, 5.41) is 17.4. The van der Waals surface area contributed by atoms with Crippen LogP contribution in [0.25, 0.3) is 0 Å². The number of nitrogens with two attached hydrogens (primary N) is 1. The Morgan fingerprint density at radius 1 is 0.950 bits per heavy atom. The first-order valence-corrected chi connectivity index (χ1v) is 14.2. The highest BCUT2D eigenvalue weighted by molar-refractivity contribution is 7.92. The van der Waals surface area contributed by atoms with Gasteiger partial charge in [-0.3, -0.25) is 14.3 Å². The SMILES string of the molecule is CCCNC(=O)Nc1cccc(S(=O)(=O)Nc2cccc([C@@H](CC(=O)O)NC(=O)CCc3ccc(N)cc3)c2)c1. The van der Waals surface area contributed by atoms with Gasteiger partial charge >= 0.3 is 12.0 Å². The summed E-state index contributed by atoms with van der Waals surface area (Å²) in [5.74, 6) is -1.47. The second-order valence-corrected chi connectivity index (χ2v) is 10.8. The number of nitrogens with one attached hydrogen (secondary N) is 4. The molecule has 11 nitrogen and oxygen atoms in total. The topological polar surface area (TPSA) is 180 Å². The van der Waals surface area contributed by atoms with Crippen molar-refractivity contribution in [3.05, 3.63) is 83.9 Å². The van der Waals surface area contributed by atoms with Crippen LogP contribution in [0.15, 0.2) is 77.7 Å². The van der Waals surface area contributed by atoms with Crippen molar-refractivity contribution in [1.29, 1.82) is 0 Å². The Hall–Kier alpha value is -4.58. The number of carboxylic acids is 1. The van der Waals surface area contributed by atoms with E-state index in [0.29, 0.717) is 29.9 Å². The molecule has 212 valence electrons. The maximum Gasteiger partial charge on any atom is 0.319 e. The van der Waals surface area contributed by atoms with E-state index in [0.717, 1.165) is 12.0 Å². The molecule has 3 aromatic carbocycles. The molecule has 1 atom stereocenters. The van der Waals surface area contributed by atoms with Gasteiger partial charge in [-0.1, -0.05) is 37.3 Å². The van der Waals surface area contributed by atoms with Gasteiger partial charge in [-0.2, -0.15) is 0 Å². The van der Waals surface area contributed by atoms with E-state index in [-0.39, 0.29) is 22.9 Å². The van der Waals surface area contributed by atoms with Gasteiger partial charge in [0.05, 0.1) is 17.4 Å². The number of carbonyl (C=O) groups excluding carboxylic acids is 2. The number of nitrogen functional groups attached to an aromatic ring is 1. The van der Waals surface area contributed by atoms with E-state index < -0.39 is 34.5 Å². The number of urea groups is 1. The molecule has 0 saturated carbocycles. The van der Waals surface area contributed by atoms with Crippen LogP contribution in [-0.2, 0) is 26.0 Å². The highest BCUT2D eigenvalue weighted by Gasteiger charge is 2.20. The lowest BCUT2D eigenvalue weighted by molar-refractivity contribution is -0.137. The lowest BCUT2D eigenvalue weighted by atomic mass is 10.0. The smallest absolute Gasteiger partial charge is 0.319 e. The Balaban J connectivity index is 1.71. The minimum Gasteiger partial charge on any atom is -0.481 e. The van der Waals surface area contributed by atoms with Gasteiger partial charge in [0, 0.05) is 30.0 Å². The molecule has 3 aromatic rings. The molecule has 40 heavy (non-hydrogen) atoms. The molecule has 0 aliphatic rings. The molecule has 0 unspecified atom stereocenters. The van der Waals surface area contributed by atoms with Crippen LogP contribution in [0.4, 0.5) is 21.9 Å². The predicted molar refractivity (Wildman–Crippen MR) is 153 cm³/mol. The van der Waals surface area contributed by atoms with Crippen molar-refractivity contribution in [2.45, 2.75) is 43.5 Å². The van der Waals surface area contributed by atoms with Gasteiger partial charge in [0.25, 0.3) is 10.0 Å². The number of aryl methyl sites for hydroxylation is 1. The van der Waals surface area contributed by atoms with Crippen molar-refractivity contribution in [2.24, 2.45) is 0 Å². The fourth-order valence-electron chi connectivity index (χ4n) is 3.82. The molecule has 0 aromatic heterocycles. The standard InChI is InChI=1S/C28H33N5O6S/c1-2-15-30-28(37)31-22-6-4-8-24(17-22)40(38,39)33-23-7-3-5-20(16-23)25(18-27(35)36)32-26(34)14-11-19-9-12-21(29)13-10-19/h3-10,12-13,16-17,25,33H,2,11,14-15,18,29H2,1H3,(H,32,34)(H,35,36)(H2,30,31,37)/t25-/m1/s1. The van der Waals surface area contributed by atoms with Crippen LogP contribution in [-0.4, -0.2) is 38.0 Å². The van der Waals surface area contributed by atoms with Crippen molar-refractivity contribution >= 4 is 45.0 Å². The molecule has 0 bridgehead atoms. The van der Waals surface area contributed by atoms with Gasteiger partial charge < -0.3 is 26.8 Å². The summed E-state index contributed by atoms with van der Waals surface area (Å²) in [6.07, 6.45) is 0.941. The number of carboxylic acid groups (broad SMARTS) is 1. The summed E-state index contributed by atoms with van der Waals surface area (Å²) >= 11 is 0. The molecule has 0 spiro atoms. The fourth-order valence-corrected chi connectivity index (χ4v) is 4.92. The molecule has 3 rings (SSSR count). The third kappa shape index (κ3) is 9.31. The van der Waals surface area contributed by atoms with E-state index in [1.54, 1.807) is 30.3 Å². The van der Waals surface area contributed by atoms with E-state index in [4.69, 9.17) is 5.73 Å². The van der Waals surface area contributed by atoms with E-state index in [1.807, 2.05) is 19.1 Å². The average molecular weight is 568 g/mol. The summed E-state index contributed by atoms with van der Waals surface area (Å²) in [7, 11) is -4.05. The van der Waals surface area contributed by atoms with Gasteiger partial charge in [0.1, 0.15) is 0 Å². The number of sulfonamides is 1.